The van der Waals surface area contributed by atoms with Gasteiger partial charge in [0.05, 0.1) is 23.9 Å². The summed E-state index contributed by atoms with van der Waals surface area (Å²) in [6, 6.07) is 13.2. The van der Waals surface area contributed by atoms with E-state index in [1.807, 2.05) is 12.5 Å². The molecule has 3 aromatic rings. The maximum atomic E-state index is 4.38. The van der Waals surface area contributed by atoms with Crippen LogP contribution in [-0.4, -0.2) is 16.1 Å². The maximum Gasteiger partial charge on any atom is 0.0994 e. The first kappa shape index (κ1) is 13.0. The van der Waals surface area contributed by atoms with Gasteiger partial charge in [0.1, 0.15) is 0 Å². The number of halogens is 1. The van der Waals surface area contributed by atoms with Gasteiger partial charge in [-0.3, -0.25) is 0 Å². The highest BCUT2D eigenvalue weighted by Gasteiger charge is 2.21. The Morgan fingerprint density at radius 1 is 1.14 bits per heavy atom. The fourth-order valence-electron chi connectivity index (χ4n) is 3.16. The highest BCUT2D eigenvalue weighted by molar-refractivity contribution is 9.10. The van der Waals surface area contributed by atoms with Crippen LogP contribution in [0.4, 0.5) is 0 Å². The van der Waals surface area contributed by atoms with Gasteiger partial charge in [0.2, 0.25) is 0 Å². The van der Waals surface area contributed by atoms with E-state index in [9.17, 15) is 0 Å². The molecule has 1 N–H and O–H groups in total. The molecule has 0 aliphatic carbocycles. The van der Waals surface area contributed by atoms with Crippen LogP contribution in [0.1, 0.15) is 24.6 Å². The number of hydrogen-bond donors (Lipinski definition) is 1. The molecule has 0 amide bonds. The molecule has 21 heavy (non-hydrogen) atoms. The van der Waals surface area contributed by atoms with Gasteiger partial charge in [-0.05, 0) is 36.9 Å². The predicted molar refractivity (Wildman–Crippen MR) is 88.7 cm³/mol. The minimum Gasteiger partial charge on any atom is -0.309 e. The number of rotatable bonds is 2. The molecule has 1 aromatic heterocycles. The van der Waals surface area contributed by atoms with E-state index in [0.29, 0.717) is 6.04 Å². The summed E-state index contributed by atoms with van der Waals surface area (Å²) in [5.41, 5.74) is 2.44. The molecule has 1 atom stereocenters. The molecule has 1 fully saturated rings. The number of aromatic nitrogens is 2. The van der Waals surface area contributed by atoms with Gasteiger partial charge in [-0.2, -0.15) is 0 Å². The summed E-state index contributed by atoms with van der Waals surface area (Å²) in [6.45, 7) is 1.09. The summed E-state index contributed by atoms with van der Waals surface area (Å²) >= 11 is 3.64. The second kappa shape index (κ2) is 5.28. The maximum absolute atomic E-state index is 4.38. The standard InChI is InChI=1S/C17H16BrN3/c18-14-7-8-16(13-5-2-1-4-12(13)14)21-11-19-10-17(21)15-6-3-9-20-15/h1-2,4-5,7-8,10-11,15,20H,3,6,9H2/t15-/m0/s1. The lowest BCUT2D eigenvalue weighted by Crippen LogP contribution is -2.16. The molecule has 2 aromatic carbocycles. The number of nitrogens with one attached hydrogen (secondary N) is 1. The van der Waals surface area contributed by atoms with E-state index in [2.05, 4.69) is 67.2 Å². The van der Waals surface area contributed by atoms with Crippen molar-refractivity contribution in [2.24, 2.45) is 0 Å². The van der Waals surface area contributed by atoms with E-state index in [-0.39, 0.29) is 0 Å². The molecule has 0 saturated carbocycles. The molecule has 1 aliphatic rings. The van der Waals surface area contributed by atoms with Crippen molar-refractivity contribution in [2.75, 3.05) is 6.54 Å². The molecule has 4 heteroatoms. The van der Waals surface area contributed by atoms with E-state index in [1.54, 1.807) is 0 Å². The zero-order valence-electron chi connectivity index (χ0n) is 11.6. The first-order chi connectivity index (χ1) is 10.3. The Hall–Kier alpha value is -1.65. The summed E-state index contributed by atoms with van der Waals surface area (Å²) in [7, 11) is 0. The molecular weight excluding hydrogens is 326 g/mol. The van der Waals surface area contributed by atoms with Crippen LogP contribution >= 0.6 is 15.9 Å². The third-order valence-corrected chi connectivity index (χ3v) is 4.88. The highest BCUT2D eigenvalue weighted by atomic mass is 79.9. The van der Waals surface area contributed by atoms with Crippen molar-refractivity contribution in [3.63, 3.8) is 0 Å². The number of fused-ring (bicyclic) bond motifs is 1. The number of hydrogen-bond acceptors (Lipinski definition) is 2. The monoisotopic (exact) mass is 341 g/mol. The van der Waals surface area contributed by atoms with Crippen LogP contribution in [0.25, 0.3) is 16.5 Å². The lowest BCUT2D eigenvalue weighted by Gasteiger charge is -2.16. The van der Waals surface area contributed by atoms with E-state index in [4.69, 9.17) is 0 Å². The Bertz CT molecular complexity index is 788. The zero-order chi connectivity index (χ0) is 14.2. The summed E-state index contributed by atoms with van der Waals surface area (Å²) in [5, 5.41) is 6.03. The minimum absolute atomic E-state index is 0.412. The Balaban J connectivity index is 1.92. The molecule has 1 saturated heterocycles. The van der Waals surface area contributed by atoms with Gasteiger partial charge < -0.3 is 9.88 Å². The molecular formula is C17H16BrN3. The van der Waals surface area contributed by atoms with Gasteiger partial charge in [-0.15, -0.1) is 0 Å². The van der Waals surface area contributed by atoms with Crippen LogP contribution in [0, 0.1) is 0 Å². The number of benzene rings is 2. The van der Waals surface area contributed by atoms with E-state index in [0.717, 1.165) is 11.0 Å². The fourth-order valence-corrected chi connectivity index (χ4v) is 3.64. The molecule has 0 radical (unpaired) electrons. The molecule has 0 bridgehead atoms. The number of imidazole rings is 1. The van der Waals surface area contributed by atoms with Gasteiger partial charge in [-0.1, -0.05) is 40.2 Å². The van der Waals surface area contributed by atoms with E-state index in [1.165, 1.54) is 35.0 Å². The fraction of sp³-hybridized carbons (Fsp3) is 0.235. The van der Waals surface area contributed by atoms with Crippen molar-refractivity contribution in [1.29, 1.82) is 0 Å². The zero-order valence-corrected chi connectivity index (χ0v) is 13.2. The van der Waals surface area contributed by atoms with E-state index < -0.39 is 0 Å². The van der Waals surface area contributed by atoms with Gasteiger partial charge in [0, 0.05) is 15.9 Å². The minimum atomic E-state index is 0.412. The summed E-state index contributed by atoms with van der Waals surface area (Å²) in [5.74, 6) is 0. The normalized spacial score (nSPS) is 18.4. The molecule has 106 valence electrons. The Morgan fingerprint density at radius 2 is 2.00 bits per heavy atom. The Labute approximate surface area is 132 Å². The van der Waals surface area contributed by atoms with E-state index >= 15 is 0 Å². The third-order valence-electron chi connectivity index (χ3n) is 4.19. The summed E-state index contributed by atoms with van der Waals surface area (Å²) < 4.78 is 3.35. The topological polar surface area (TPSA) is 29.9 Å². The smallest absolute Gasteiger partial charge is 0.0994 e. The molecule has 2 heterocycles. The Morgan fingerprint density at radius 3 is 2.81 bits per heavy atom. The summed E-state index contributed by atoms with van der Waals surface area (Å²) in [6.07, 6.45) is 6.32. The molecule has 1 aliphatic heterocycles. The van der Waals surface area contributed by atoms with Gasteiger partial charge in [-0.25, -0.2) is 4.98 Å². The van der Waals surface area contributed by atoms with Crippen LogP contribution in [-0.2, 0) is 0 Å². The number of nitrogens with zero attached hydrogens (tertiary/aromatic N) is 2. The van der Waals surface area contributed by atoms with Crippen molar-refractivity contribution < 1.29 is 0 Å². The van der Waals surface area contributed by atoms with Crippen LogP contribution in [0.15, 0.2) is 53.4 Å². The van der Waals surface area contributed by atoms with Gasteiger partial charge in [0.15, 0.2) is 0 Å². The lowest BCUT2D eigenvalue weighted by molar-refractivity contribution is 0.616. The molecule has 0 unspecified atom stereocenters. The molecule has 3 nitrogen and oxygen atoms in total. The highest BCUT2D eigenvalue weighted by Crippen LogP contribution is 2.32. The average Bonchev–Trinajstić information content (AvgIpc) is 3.19. The third kappa shape index (κ3) is 2.19. The van der Waals surface area contributed by atoms with Crippen LogP contribution in [0.5, 0.6) is 0 Å². The van der Waals surface area contributed by atoms with Gasteiger partial charge >= 0.3 is 0 Å². The second-order valence-electron chi connectivity index (χ2n) is 5.45. The SMILES string of the molecule is Brc1ccc(-n2cncc2[C@@H]2CCCN2)c2ccccc12. The lowest BCUT2D eigenvalue weighted by atomic mass is 10.1. The second-order valence-corrected chi connectivity index (χ2v) is 6.30. The molecule has 0 spiro atoms. The van der Waals surface area contributed by atoms with Crippen molar-refractivity contribution in [3.8, 4) is 5.69 Å². The van der Waals surface area contributed by atoms with Crippen LogP contribution in [0.2, 0.25) is 0 Å². The van der Waals surface area contributed by atoms with Crippen molar-refractivity contribution in [3.05, 3.63) is 59.1 Å². The van der Waals surface area contributed by atoms with Crippen LogP contribution < -0.4 is 5.32 Å². The average molecular weight is 342 g/mol. The first-order valence-corrected chi connectivity index (χ1v) is 8.07. The van der Waals surface area contributed by atoms with Crippen molar-refractivity contribution in [2.45, 2.75) is 18.9 Å². The van der Waals surface area contributed by atoms with Crippen molar-refractivity contribution >= 4 is 26.7 Å². The quantitative estimate of drug-likeness (QED) is 0.756. The largest absolute Gasteiger partial charge is 0.309 e. The van der Waals surface area contributed by atoms with Crippen molar-refractivity contribution in [1.82, 2.24) is 14.9 Å². The summed E-state index contributed by atoms with van der Waals surface area (Å²) in [4.78, 5) is 4.38. The predicted octanol–water partition coefficient (Wildman–Crippen LogP) is 4.21. The Kier molecular flexibility index (Phi) is 3.28. The molecule has 4 rings (SSSR count). The van der Waals surface area contributed by atoms with Gasteiger partial charge in [0.25, 0.3) is 0 Å². The first-order valence-electron chi connectivity index (χ1n) is 7.28. The van der Waals surface area contributed by atoms with Crippen LogP contribution in [0.3, 0.4) is 0 Å².